The van der Waals surface area contributed by atoms with E-state index in [1.54, 1.807) is 6.20 Å². The molecule has 116 valence electrons. The largest absolute Gasteiger partial charge is 0.355 e. The average molecular weight is 306 g/mol. The molecule has 0 fully saturated rings. The quantitative estimate of drug-likeness (QED) is 0.716. The summed E-state index contributed by atoms with van der Waals surface area (Å²) in [4.78, 5) is 14.9. The van der Waals surface area contributed by atoms with Gasteiger partial charge in [-0.3, -0.25) is 4.79 Å². The Morgan fingerprint density at radius 1 is 1.17 bits per heavy atom. The zero-order valence-corrected chi connectivity index (χ0v) is 13.2. The van der Waals surface area contributed by atoms with E-state index < -0.39 is 0 Å². The van der Waals surface area contributed by atoms with Gasteiger partial charge in [-0.1, -0.05) is 43.3 Å². The van der Waals surface area contributed by atoms with Gasteiger partial charge in [-0.05, 0) is 34.7 Å². The number of carbonyl (C=O) groups is 1. The highest BCUT2D eigenvalue weighted by Gasteiger charge is 2.26. The minimum atomic E-state index is 0.00505. The maximum atomic E-state index is 13.0. The van der Waals surface area contributed by atoms with E-state index in [1.165, 1.54) is 11.1 Å². The number of rotatable bonds is 2. The molecule has 1 aliphatic heterocycles. The molecule has 0 atom stereocenters. The Balaban J connectivity index is 1.74. The van der Waals surface area contributed by atoms with E-state index in [2.05, 4.69) is 31.1 Å². The standard InChI is InChI=1S/C19H18N2O2/c1-12(2)15-7-16-9-20-23-18(16)17(8-15)19(22)21-10-13-5-3-4-6-14(13)11-21/h3-9,12H,10-11H2,1-2H3. The molecule has 0 radical (unpaired) electrons. The predicted octanol–water partition coefficient (Wildman–Crippen LogP) is 4.11. The second-order valence-electron chi connectivity index (χ2n) is 6.40. The van der Waals surface area contributed by atoms with Gasteiger partial charge in [0, 0.05) is 18.5 Å². The highest BCUT2D eigenvalue weighted by molar-refractivity contribution is 6.05. The SMILES string of the molecule is CC(C)c1cc(C(=O)N2Cc3ccccc3C2)c2oncc2c1. The summed E-state index contributed by atoms with van der Waals surface area (Å²) in [6, 6.07) is 12.2. The normalized spacial score (nSPS) is 13.8. The van der Waals surface area contributed by atoms with Crippen LogP contribution in [0.5, 0.6) is 0 Å². The van der Waals surface area contributed by atoms with Gasteiger partial charge in [-0.2, -0.15) is 0 Å². The molecule has 4 nitrogen and oxygen atoms in total. The Hall–Kier alpha value is -2.62. The van der Waals surface area contributed by atoms with Crippen molar-refractivity contribution in [3.8, 4) is 0 Å². The molecule has 23 heavy (non-hydrogen) atoms. The molecule has 3 aromatic rings. The molecule has 4 heteroatoms. The van der Waals surface area contributed by atoms with E-state index >= 15 is 0 Å². The van der Waals surface area contributed by atoms with Crippen molar-refractivity contribution in [1.29, 1.82) is 0 Å². The topological polar surface area (TPSA) is 46.3 Å². The molecular weight excluding hydrogens is 288 g/mol. The van der Waals surface area contributed by atoms with Crippen LogP contribution >= 0.6 is 0 Å². The smallest absolute Gasteiger partial charge is 0.258 e. The van der Waals surface area contributed by atoms with Crippen LogP contribution in [0.1, 0.15) is 46.8 Å². The van der Waals surface area contributed by atoms with Crippen molar-refractivity contribution in [2.45, 2.75) is 32.9 Å². The summed E-state index contributed by atoms with van der Waals surface area (Å²) in [6.45, 7) is 5.54. The Morgan fingerprint density at radius 3 is 2.52 bits per heavy atom. The maximum Gasteiger partial charge on any atom is 0.258 e. The number of aromatic nitrogens is 1. The maximum absolute atomic E-state index is 13.0. The number of nitrogens with zero attached hydrogens (tertiary/aromatic N) is 2. The van der Waals surface area contributed by atoms with Gasteiger partial charge in [-0.15, -0.1) is 0 Å². The first-order chi connectivity index (χ1) is 11.1. The molecule has 4 rings (SSSR count). The monoisotopic (exact) mass is 306 g/mol. The van der Waals surface area contributed by atoms with Gasteiger partial charge < -0.3 is 9.42 Å². The molecular formula is C19H18N2O2. The van der Waals surface area contributed by atoms with Crippen LogP contribution in [-0.2, 0) is 13.1 Å². The van der Waals surface area contributed by atoms with Crippen molar-refractivity contribution in [1.82, 2.24) is 10.1 Å². The summed E-state index contributed by atoms with van der Waals surface area (Å²) in [5, 5.41) is 4.75. The van der Waals surface area contributed by atoms with Crippen LogP contribution in [-0.4, -0.2) is 16.0 Å². The van der Waals surface area contributed by atoms with Crippen molar-refractivity contribution < 1.29 is 9.32 Å². The van der Waals surface area contributed by atoms with Gasteiger partial charge in [0.1, 0.15) is 0 Å². The fraction of sp³-hybridized carbons (Fsp3) is 0.263. The third kappa shape index (κ3) is 2.31. The fourth-order valence-corrected chi connectivity index (χ4v) is 3.15. The van der Waals surface area contributed by atoms with E-state index in [0.717, 1.165) is 10.9 Å². The van der Waals surface area contributed by atoms with E-state index in [9.17, 15) is 4.79 Å². The van der Waals surface area contributed by atoms with Crippen LogP contribution < -0.4 is 0 Å². The molecule has 2 heterocycles. The van der Waals surface area contributed by atoms with Gasteiger partial charge in [0.2, 0.25) is 0 Å². The van der Waals surface area contributed by atoms with Gasteiger partial charge in [0.15, 0.2) is 5.58 Å². The third-order valence-corrected chi connectivity index (χ3v) is 4.50. The van der Waals surface area contributed by atoms with Crippen LogP contribution in [0.15, 0.2) is 47.1 Å². The van der Waals surface area contributed by atoms with Crippen molar-refractivity contribution >= 4 is 16.9 Å². The zero-order chi connectivity index (χ0) is 16.0. The number of fused-ring (bicyclic) bond motifs is 2. The molecule has 0 N–H and O–H groups in total. The first-order valence-electron chi connectivity index (χ1n) is 7.88. The number of hydrogen-bond acceptors (Lipinski definition) is 3. The first kappa shape index (κ1) is 14.0. The molecule has 0 aliphatic carbocycles. The second-order valence-corrected chi connectivity index (χ2v) is 6.40. The number of carbonyl (C=O) groups excluding carboxylic acids is 1. The van der Waals surface area contributed by atoms with Crippen molar-refractivity contribution in [2.24, 2.45) is 0 Å². The number of hydrogen-bond donors (Lipinski definition) is 0. The summed E-state index contributed by atoms with van der Waals surface area (Å²) < 4.78 is 5.34. The molecule has 1 aromatic heterocycles. The molecule has 2 aromatic carbocycles. The Kier molecular flexibility index (Phi) is 3.18. The summed E-state index contributed by atoms with van der Waals surface area (Å²) in [5.74, 6) is 0.349. The lowest BCUT2D eigenvalue weighted by Crippen LogP contribution is -2.25. The van der Waals surface area contributed by atoms with Crippen molar-refractivity contribution in [2.75, 3.05) is 0 Å². The van der Waals surface area contributed by atoms with Gasteiger partial charge >= 0.3 is 0 Å². The fourth-order valence-electron chi connectivity index (χ4n) is 3.15. The summed E-state index contributed by atoms with van der Waals surface area (Å²) in [5.41, 5.74) is 4.75. The van der Waals surface area contributed by atoms with Crippen LogP contribution in [0.2, 0.25) is 0 Å². The molecule has 1 aliphatic rings. The van der Waals surface area contributed by atoms with Gasteiger partial charge in [0.25, 0.3) is 5.91 Å². The Bertz CT molecular complexity index is 870. The van der Waals surface area contributed by atoms with Crippen LogP contribution in [0.25, 0.3) is 11.0 Å². The average Bonchev–Trinajstić information content (AvgIpc) is 3.19. The van der Waals surface area contributed by atoms with E-state index in [4.69, 9.17) is 4.52 Å². The minimum Gasteiger partial charge on any atom is -0.355 e. The van der Waals surface area contributed by atoms with Crippen LogP contribution in [0, 0.1) is 0 Å². The molecule has 0 bridgehead atoms. The highest BCUT2D eigenvalue weighted by Crippen LogP contribution is 2.29. The third-order valence-electron chi connectivity index (χ3n) is 4.50. The number of benzene rings is 2. The van der Waals surface area contributed by atoms with Gasteiger partial charge in [0.05, 0.1) is 11.8 Å². The van der Waals surface area contributed by atoms with E-state index in [1.807, 2.05) is 29.2 Å². The van der Waals surface area contributed by atoms with Crippen LogP contribution in [0.4, 0.5) is 0 Å². The van der Waals surface area contributed by atoms with Crippen molar-refractivity contribution in [3.05, 3.63) is 64.8 Å². The van der Waals surface area contributed by atoms with Crippen LogP contribution in [0.3, 0.4) is 0 Å². The molecule has 0 saturated heterocycles. The summed E-state index contributed by atoms with van der Waals surface area (Å²) in [6.07, 6.45) is 1.68. The molecule has 1 amide bonds. The Morgan fingerprint density at radius 2 is 1.87 bits per heavy atom. The predicted molar refractivity (Wildman–Crippen MR) is 88.1 cm³/mol. The molecule has 0 saturated carbocycles. The molecule has 0 unspecified atom stereocenters. The van der Waals surface area contributed by atoms with Gasteiger partial charge in [-0.25, -0.2) is 0 Å². The molecule has 0 spiro atoms. The number of amides is 1. The van der Waals surface area contributed by atoms with E-state index in [0.29, 0.717) is 30.2 Å². The van der Waals surface area contributed by atoms with E-state index in [-0.39, 0.29) is 5.91 Å². The highest BCUT2D eigenvalue weighted by atomic mass is 16.5. The summed E-state index contributed by atoms with van der Waals surface area (Å²) >= 11 is 0. The zero-order valence-electron chi connectivity index (χ0n) is 13.2. The first-order valence-corrected chi connectivity index (χ1v) is 7.88. The Labute approximate surface area is 134 Å². The second kappa shape index (κ2) is 5.23. The minimum absolute atomic E-state index is 0.00505. The summed E-state index contributed by atoms with van der Waals surface area (Å²) in [7, 11) is 0. The lowest BCUT2D eigenvalue weighted by molar-refractivity contribution is 0.0751. The van der Waals surface area contributed by atoms with Crippen molar-refractivity contribution in [3.63, 3.8) is 0 Å². The lowest BCUT2D eigenvalue weighted by atomic mass is 9.98. The lowest BCUT2D eigenvalue weighted by Gasteiger charge is -2.16.